The van der Waals surface area contributed by atoms with E-state index in [1.54, 1.807) is 0 Å². The van der Waals surface area contributed by atoms with Crippen molar-refractivity contribution in [3.8, 4) is 0 Å². The van der Waals surface area contributed by atoms with E-state index >= 15 is 0 Å². The number of fused-ring (bicyclic) bond motifs is 1. The average molecular weight is 361 g/mol. The Labute approximate surface area is 140 Å². The zero-order chi connectivity index (χ0) is 15.7. The van der Waals surface area contributed by atoms with E-state index in [1.807, 2.05) is 7.05 Å². The Morgan fingerprint density at radius 1 is 1.18 bits per heavy atom. The summed E-state index contributed by atoms with van der Waals surface area (Å²) in [5, 5.41) is 3.07. The van der Waals surface area contributed by atoms with Crippen LogP contribution in [0.15, 0.2) is 28.7 Å². The molecule has 1 N–H and O–H groups in total. The molecule has 0 spiro atoms. The van der Waals surface area contributed by atoms with Crippen LogP contribution in [0.4, 0.5) is 11.8 Å². The molecule has 3 rings (SSSR count). The van der Waals surface area contributed by atoms with Gasteiger partial charge in [-0.25, -0.2) is 4.98 Å². The van der Waals surface area contributed by atoms with Crippen molar-refractivity contribution >= 4 is 27.7 Å². The molecule has 0 atom stereocenters. The minimum atomic E-state index is 0.389. The van der Waals surface area contributed by atoms with E-state index in [4.69, 9.17) is 0 Å². The van der Waals surface area contributed by atoms with E-state index in [1.165, 1.54) is 11.1 Å². The summed E-state index contributed by atoms with van der Waals surface area (Å²) < 4.78 is 1.13. The second-order valence-corrected chi connectivity index (χ2v) is 6.88. The lowest BCUT2D eigenvalue weighted by Crippen LogP contribution is -2.31. The molecule has 116 valence electrons. The minimum absolute atomic E-state index is 0.389. The van der Waals surface area contributed by atoms with Gasteiger partial charge in [0.2, 0.25) is 5.95 Å². The molecule has 1 aliphatic heterocycles. The van der Waals surface area contributed by atoms with E-state index in [0.29, 0.717) is 11.9 Å². The number of aromatic nitrogens is 2. The highest BCUT2D eigenvalue weighted by molar-refractivity contribution is 9.10. The Balaban J connectivity index is 1.93. The molecule has 1 aromatic heterocycles. The summed E-state index contributed by atoms with van der Waals surface area (Å²) in [5.74, 6) is 2.09. The molecule has 0 saturated heterocycles. The van der Waals surface area contributed by atoms with Crippen molar-refractivity contribution in [3.05, 3.63) is 45.6 Å². The fourth-order valence-electron chi connectivity index (χ4n) is 2.74. The van der Waals surface area contributed by atoms with Crippen LogP contribution in [0.2, 0.25) is 0 Å². The number of nitrogens with one attached hydrogen (secondary N) is 1. The second-order valence-electron chi connectivity index (χ2n) is 5.96. The number of anilines is 2. The van der Waals surface area contributed by atoms with Crippen molar-refractivity contribution in [1.82, 2.24) is 9.97 Å². The van der Waals surface area contributed by atoms with E-state index < -0.39 is 0 Å². The molecule has 5 heteroatoms. The van der Waals surface area contributed by atoms with Gasteiger partial charge in [0.15, 0.2) is 0 Å². The lowest BCUT2D eigenvalue weighted by molar-refractivity contribution is 0.714. The number of hydrogen-bond donors (Lipinski definition) is 1. The number of halogens is 1. The Kier molecular flexibility index (Phi) is 4.34. The molecule has 1 aromatic carbocycles. The fraction of sp³-hybridized carbons (Fsp3) is 0.412. The highest BCUT2D eigenvalue weighted by Crippen LogP contribution is 2.27. The van der Waals surface area contributed by atoms with Crippen LogP contribution < -0.4 is 10.2 Å². The topological polar surface area (TPSA) is 41.1 Å². The van der Waals surface area contributed by atoms with Crippen LogP contribution in [0.5, 0.6) is 0 Å². The summed E-state index contributed by atoms with van der Waals surface area (Å²) in [6.45, 7) is 6.21. The summed E-state index contributed by atoms with van der Waals surface area (Å²) in [6, 6.07) is 8.67. The number of nitrogens with zero attached hydrogens (tertiary/aromatic N) is 3. The van der Waals surface area contributed by atoms with Crippen molar-refractivity contribution in [2.24, 2.45) is 0 Å². The van der Waals surface area contributed by atoms with Gasteiger partial charge in [-0.05, 0) is 35.6 Å². The van der Waals surface area contributed by atoms with Gasteiger partial charge in [0.1, 0.15) is 5.82 Å². The summed E-state index contributed by atoms with van der Waals surface area (Å²) in [7, 11) is 1.87. The molecule has 0 radical (unpaired) electrons. The number of hydrogen-bond acceptors (Lipinski definition) is 4. The molecule has 2 aromatic rings. The van der Waals surface area contributed by atoms with Gasteiger partial charge in [0, 0.05) is 30.7 Å². The summed E-state index contributed by atoms with van der Waals surface area (Å²) in [4.78, 5) is 11.5. The van der Waals surface area contributed by atoms with Crippen LogP contribution in [0.3, 0.4) is 0 Å². The first-order valence-electron chi connectivity index (χ1n) is 7.66. The van der Waals surface area contributed by atoms with Crippen molar-refractivity contribution in [3.63, 3.8) is 0 Å². The molecule has 0 fully saturated rings. The smallest absolute Gasteiger partial charge is 0.224 e. The molecule has 2 heterocycles. The molecule has 0 aliphatic carbocycles. The van der Waals surface area contributed by atoms with Crippen LogP contribution in [0.1, 0.15) is 36.6 Å². The van der Waals surface area contributed by atoms with Gasteiger partial charge in [-0.1, -0.05) is 35.8 Å². The molecular formula is C17H21BrN4. The van der Waals surface area contributed by atoms with Crippen LogP contribution in [-0.2, 0) is 13.0 Å². The van der Waals surface area contributed by atoms with Gasteiger partial charge in [-0.2, -0.15) is 4.98 Å². The van der Waals surface area contributed by atoms with Gasteiger partial charge >= 0.3 is 0 Å². The predicted octanol–water partition coefficient (Wildman–Crippen LogP) is 3.97. The highest BCUT2D eigenvalue weighted by atomic mass is 79.9. The lowest BCUT2D eigenvalue weighted by Gasteiger charge is -2.30. The van der Waals surface area contributed by atoms with Crippen LogP contribution in [0.25, 0.3) is 0 Å². The van der Waals surface area contributed by atoms with E-state index in [2.05, 4.69) is 74.2 Å². The maximum atomic E-state index is 4.65. The van der Waals surface area contributed by atoms with E-state index in [0.717, 1.165) is 35.5 Å². The Hall–Kier alpha value is -1.62. The monoisotopic (exact) mass is 360 g/mol. The quantitative estimate of drug-likeness (QED) is 0.898. The van der Waals surface area contributed by atoms with Crippen molar-refractivity contribution in [2.75, 3.05) is 23.8 Å². The molecule has 0 unspecified atom stereocenters. The first-order chi connectivity index (χ1) is 10.6. The molecule has 0 amide bonds. The summed E-state index contributed by atoms with van der Waals surface area (Å²) in [5.41, 5.74) is 3.89. The normalized spacial score (nSPS) is 14.1. The second kappa shape index (κ2) is 6.24. The van der Waals surface area contributed by atoms with Gasteiger partial charge in [0.05, 0.1) is 5.69 Å². The third-order valence-corrected chi connectivity index (χ3v) is 4.55. The van der Waals surface area contributed by atoms with Gasteiger partial charge < -0.3 is 10.2 Å². The zero-order valence-electron chi connectivity index (χ0n) is 13.2. The average Bonchev–Trinajstić information content (AvgIpc) is 2.53. The van der Waals surface area contributed by atoms with Crippen LogP contribution in [0, 0.1) is 0 Å². The molecule has 0 bridgehead atoms. The third-order valence-electron chi connectivity index (χ3n) is 4.05. The van der Waals surface area contributed by atoms with E-state index in [9.17, 15) is 0 Å². The first kappa shape index (κ1) is 15.3. The standard InChI is InChI=1S/C17H21BrN4/c1-11(2)15-9-16(21-17(19-3)20-15)22-7-6-12-4-5-14(18)8-13(12)10-22/h4-5,8-9,11H,6-7,10H2,1-3H3,(H,19,20,21). The summed E-state index contributed by atoms with van der Waals surface area (Å²) in [6.07, 6.45) is 1.05. The minimum Gasteiger partial charge on any atom is -0.357 e. The molecule has 0 saturated carbocycles. The number of rotatable bonds is 3. The van der Waals surface area contributed by atoms with Gasteiger partial charge in [-0.3, -0.25) is 0 Å². The Bertz CT molecular complexity index is 684. The fourth-order valence-corrected chi connectivity index (χ4v) is 3.15. The maximum absolute atomic E-state index is 4.65. The number of benzene rings is 1. The van der Waals surface area contributed by atoms with Crippen molar-refractivity contribution < 1.29 is 0 Å². The Morgan fingerprint density at radius 2 is 2.00 bits per heavy atom. The van der Waals surface area contributed by atoms with Gasteiger partial charge in [-0.15, -0.1) is 0 Å². The Morgan fingerprint density at radius 3 is 2.73 bits per heavy atom. The van der Waals surface area contributed by atoms with Gasteiger partial charge in [0.25, 0.3) is 0 Å². The predicted molar refractivity (Wildman–Crippen MR) is 94.6 cm³/mol. The summed E-state index contributed by atoms with van der Waals surface area (Å²) >= 11 is 3.57. The van der Waals surface area contributed by atoms with Crippen LogP contribution >= 0.6 is 15.9 Å². The molecular weight excluding hydrogens is 340 g/mol. The van der Waals surface area contributed by atoms with Crippen molar-refractivity contribution in [1.29, 1.82) is 0 Å². The van der Waals surface area contributed by atoms with Crippen molar-refractivity contribution in [2.45, 2.75) is 32.7 Å². The van der Waals surface area contributed by atoms with Crippen LogP contribution in [-0.4, -0.2) is 23.6 Å². The van der Waals surface area contributed by atoms with E-state index in [-0.39, 0.29) is 0 Å². The largest absolute Gasteiger partial charge is 0.357 e. The SMILES string of the molecule is CNc1nc(C(C)C)cc(N2CCc3ccc(Br)cc3C2)n1. The molecule has 4 nitrogen and oxygen atoms in total. The third kappa shape index (κ3) is 3.09. The molecule has 22 heavy (non-hydrogen) atoms. The zero-order valence-corrected chi connectivity index (χ0v) is 14.8. The molecule has 1 aliphatic rings. The first-order valence-corrected chi connectivity index (χ1v) is 8.45. The lowest BCUT2D eigenvalue weighted by atomic mass is 10.00. The highest BCUT2D eigenvalue weighted by Gasteiger charge is 2.19. The maximum Gasteiger partial charge on any atom is 0.224 e.